The van der Waals surface area contributed by atoms with Crippen LogP contribution < -0.4 is 5.63 Å². The topological polar surface area (TPSA) is 79.5 Å². The molecule has 6 rings (SSSR count). The van der Waals surface area contributed by atoms with Gasteiger partial charge in [0.05, 0.1) is 16.8 Å². The number of fused-ring (bicyclic) bond motifs is 2. The zero-order valence-electron chi connectivity index (χ0n) is 20.6. The molecule has 0 bridgehead atoms. The van der Waals surface area contributed by atoms with Crippen LogP contribution in [0, 0.1) is 6.92 Å². The number of nitrogens with zero attached hydrogens (tertiary/aromatic N) is 4. The normalized spacial score (nSPS) is 14.4. The number of aromatic nitrogens is 2. The van der Waals surface area contributed by atoms with Crippen LogP contribution in [-0.4, -0.2) is 51.9 Å². The van der Waals surface area contributed by atoms with Crippen molar-refractivity contribution in [2.45, 2.75) is 13.5 Å². The summed E-state index contributed by atoms with van der Waals surface area (Å²) in [6.07, 6.45) is 3.46. The van der Waals surface area contributed by atoms with Gasteiger partial charge in [0.25, 0.3) is 5.91 Å². The van der Waals surface area contributed by atoms with Crippen LogP contribution in [0.4, 0.5) is 0 Å². The van der Waals surface area contributed by atoms with Crippen LogP contribution in [0.1, 0.15) is 21.5 Å². The molecule has 2 aromatic carbocycles. The summed E-state index contributed by atoms with van der Waals surface area (Å²) in [6, 6.07) is 21.0. The quantitative estimate of drug-likeness (QED) is 0.341. The first-order chi connectivity index (χ1) is 18.0. The van der Waals surface area contributed by atoms with E-state index in [4.69, 9.17) is 9.40 Å². The van der Waals surface area contributed by atoms with Crippen LogP contribution in [0.2, 0.25) is 0 Å². The van der Waals surface area contributed by atoms with Gasteiger partial charge in [-0.2, -0.15) is 0 Å². The molecule has 1 aliphatic rings. The standard InChI is InChI=1S/C30H26N4O3/c1-20-6-7-23-22(17-29(35)37-28(23)16-20)19-33-12-14-34(15-13-33)30(36)25-18-27(21-8-10-31-11-9-21)32-26-5-3-2-4-24(25)26/h2-11,16-18H,12-15,19H2,1H3. The van der Waals surface area contributed by atoms with Gasteiger partial charge in [-0.05, 0) is 48.4 Å². The Labute approximate surface area is 214 Å². The molecule has 4 heterocycles. The third kappa shape index (κ3) is 4.61. The van der Waals surface area contributed by atoms with Gasteiger partial charge < -0.3 is 9.32 Å². The molecule has 1 fully saturated rings. The van der Waals surface area contributed by atoms with E-state index in [9.17, 15) is 9.59 Å². The SMILES string of the molecule is Cc1ccc2c(CN3CCN(C(=O)c4cc(-c5ccncc5)nc5ccccc45)CC3)cc(=O)oc2c1. The summed E-state index contributed by atoms with van der Waals surface area (Å²) in [7, 11) is 0. The Morgan fingerprint density at radius 2 is 1.70 bits per heavy atom. The van der Waals surface area contributed by atoms with Crippen LogP contribution in [0.3, 0.4) is 0 Å². The van der Waals surface area contributed by atoms with E-state index in [0.717, 1.165) is 51.8 Å². The first-order valence-corrected chi connectivity index (χ1v) is 12.4. The number of hydrogen-bond donors (Lipinski definition) is 0. The lowest BCUT2D eigenvalue weighted by Crippen LogP contribution is -2.48. The smallest absolute Gasteiger partial charge is 0.336 e. The summed E-state index contributed by atoms with van der Waals surface area (Å²) < 4.78 is 5.41. The summed E-state index contributed by atoms with van der Waals surface area (Å²) in [4.78, 5) is 39.0. The monoisotopic (exact) mass is 490 g/mol. The highest BCUT2D eigenvalue weighted by molar-refractivity contribution is 6.07. The van der Waals surface area contributed by atoms with E-state index < -0.39 is 0 Å². The lowest BCUT2D eigenvalue weighted by atomic mass is 10.0. The highest BCUT2D eigenvalue weighted by Crippen LogP contribution is 2.26. The highest BCUT2D eigenvalue weighted by Gasteiger charge is 2.25. The minimum atomic E-state index is -0.337. The Kier molecular flexibility index (Phi) is 5.98. The van der Waals surface area contributed by atoms with E-state index in [0.29, 0.717) is 30.8 Å². The average Bonchev–Trinajstić information content (AvgIpc) is 2.92. The number of rotatable bonds is 4. The van der Waals surface area contributed by atoms with Crippen molar-refractivity contribution in [1.82, 2.24) is 19.8 Å². The van der Waals surface area contributed by atoms with E-state index in [-0.39, 0.29) is 11.5 Å². The molecule has 7 heteroatoms. The number of pyridine rings is 2. The van der Waals surface area contributed by atoms with Crippen molar-refractivity contribution in [3.05, 3.63) is 106 Å². The number of para-hydroxylation sites is 1. The second-order valence-corrected chi connectivity index (χ2v) is 9.47. The van der Waals surface area contributed by atoms with Crippen molar-refractivity contribution in [3.8, 4) is 11.3 Å². The second kappa shape index (κ2) is 9.59. The Balaban J connectivity index is 1.23. The molecule has 0 N–H and O–H groups in total. The van der Waals surface area contributed by atoms with E-state index in [1.807, 2.05) is 72.5 Å². The highest BCUT2D eigenvalue weighted by atomic mass is 16.4. The maximum Gasteiger partial charge on any atom is 0.336 e. The second-order valence-electron chi connectivity index (χ2n) is 9.47. The van der Waals surface area contributed by atoms with Crippen molar-refractivity contribution < 1.29 is 9.21 Å². The zero-order chi connectivity index (χ0) is 25.4. The van der Waals surface area contributed by atoms with Crippen molar-refractivity contribution >= 4 is 27.8 Å². The molecule has 0 saturated carbocycles. The molecule has 0 radical (unpaired) electrons. The number of carbonyl (C=O) groups excluding carboxylic acids is 1. The molecule has 184 valence electrons. The van der Waals surface area contributed by atoms with Gasteiger partial charge in [0.2, 0.25) is 0 Å². The van der Waals surface area contributed by atoms with Gasteiger partial charge in [-0.3, -0.25) is 14.7 Å². The number of hydrogen-bond acceptors (Lipinski definition) is 6. The Bertz CT molecular complexity index is 1670. The van der Waals surface area contributed by atoms with Crippen molar-refractivity contribution in [2.75, 3.05) is 26.2 Å². The van der Waals surface area contributed by atoms with Crippen LogP contribution in [-0.2, 0) is 6.54 Å². The molecule has 0 atom stereocenters. The fourth-order valence-electron chi connectivity index (χ4n) is 5.01. The Hall–Kier alpha value is -4.36. The molecule has 3 aromatic heterocycles. The minimum absolute atomic E-state index is 0.00911. The Morgan fingerprint density at radius 3 is 2.51 bits per heavy atom. The molecular weight excluding hydrogens is 464 g/mol. The van der Waals surface area contributed by atoms with E-state index in [1.165, 1.54) is 0 Å². The molecule has 37 heavy (non-hydrogen) atoms. The molecule has 7 nitrogen and oxygen atoms in total. The molecule has 5 aromatic rings. The van der Waals surface area contributed by atoms with E-state index in [2.05, 4.69) is 9.88 Å². The number of aryl methyl sites for hydroxylation is 1. The summed E-state index contributed by atoms with van der Waals surface area (Å²) >= 11 is 0. The summed E-state index contributed by atoms with van der Waals surface area (Å²) in [5.74, 6) is 0.00911. The Morgan fingerprint density at radius 1 is 0.919 bits per heavy atom. The third-order valence-electron chi connectivity index (χ3n) is 6.96. The zero-order valence-corrected chi connectivity index (χ0v) is 20.6. The number of carbonyl (C=O) groups is 1. The summed E-state index contributed by atoms with van der Waals surface area (Å²) in [6.45, 7) is 5.28. The third-order valence-corrected chi connectivity index (χ3v) is 6.96. The number of benzene rings is 2. The average molecular weight is 491 g/mol. The lowest BCUT2D eigenvalue weighted by Gasteiger charge is -2.35. The van der Waals surface area contributed by atoms with Crippen molar-refractivity contribution in [2.24, 2.45) is 0 Å². The van der Waals surface area contributed by atoms with Gasteiger partial charge in [0.15, 0.2) is 0 Å². The van der Waals surface area contributed by atoms with Crippen LogP contribution in [0.15, 0.2) is 88.3 Å². The molecule has 1 amide bonds. The molecule has 0 unspecified atom stereocenters. The number of piperazine rings is 1. The van der Waals surface area contributed by atoms with Crippen molar-refractivity contribution in [1.29, 1.82) is 0 Å². The molecule has 1 saturated heterocycles. The van der Waals surface area contributed by atoms with Gasteiger partial charge in [-0.1, -0.05) is 30.3 Å². The molecule has 0 spiro atoms. The predicted molar refractivity (Wildman–Crippen MR) is 143 cm³/mol. The molecule has 1 aliphatic heterocycles. The first kappa shape index (κ1) is 23.1. The summed E-state index contributed by atoms with van der Waals surface area (Å²) in [5, 5.41) is 1.81. The lowest BCUT2D eigenvalue weighted by molar-refractivity contribution is 0.0630. The predicted octanol–water partition coefficient (Wildman–Crippen LogP) is 4.67. The molecule has 0 aliphatic carbocycles. The van der Waals surface area contributed by atoms with Crippen LogP contribution in [0.5, 0.6) is 0 Å². The minimum Gasteiger partial charge on any atom is -0.423 e. The van der Waals surface area contributed by atoms with E-state index >= 15 is 0 Å². The van der Waals surface area contributed by atoms with Gasteiger partial charge in [0.1, 0.15) is 5.58 Å². The van der Waals surface area contributed by atoms with Crippen molar-refractivity contribution in [3.63, 3.8) is 0 Å². The van der Waals surface area contributed by atoms with E-state index in [1.54, 1.807) is 18.5 Å². The van der Waals surface area contributed by atoms with Gasteiger partial charge in [-0.25, -0.2) is 9.78 Å². The maximum absolute atomic E-state index is 13.7. The molecular formula is C30H26N4O3. The first-order valence-electron chi connectivity index (χ1n) is 12.4. The van der Waals surface area contributed by atoms with Gasteiger partial charge >= 0.3 is 5.63 Å². The number of amides is 1. The van der Waals surface area contributed by atoms with Crippen LogP contribution >= 0.6 is 0 Å². The van der Waals surface area contributed by atoms with Crippen LogP contribution in [0.25, 0.3) is 33.1 Å². The largest absolute Gasteiger partial charge is 0.423 e. The fourth-order valence-corrected chi connectivity index (χ4v) is 5.01. The summed E-state index contributed by atoms with van der Waals surface area (Å²) in [5.41, 5.74) is 5.42. The van der Waals surface area contributed by atoms with Gasteiger partial charge in [-0.15, -0.1) is 0 Å². The maximum atomic E-state index is 13.7. The van der Waals surface area contributed by atoms with Gasteiger partial charge in [0, 0.05) is 67.5 Å². The fraction of sp³-hybridized carbons (Fsp3) is 0.200.